The number of hydrogen-bond acceptors (Lipinski definition) is 3. The molecule has 1 aliphatic rings. The molecule has 0 saturated heterocycles. The van der Waals surface area contributed by atoms with Crippen molar-refractivity contribution in [2.45, 2.75) is 53.4 Å². The normalized spacial score (nSPS) is 21.3. The first-order valence-corrected chi connectivity index (χ1v) is 7.91. The van der Waals surface area contributed by atoms with Gasteiger partial charge in [-0.15, -0.1) is 0 Å². The highest BCUT2D eigenvalue weighted by molar-refractivity contribution is 6.01. The van der Waals surface area contributed by atoms with Crippen molar-refractivity contribution < 1.29 is 12.3 Å². The molecule has 0 aliphatic carbocycles. The smallest absolute Gasteiger partial charge is 0.306 e. The molecule has 1 aliphatic heterocycles. The van der Waals surface area contributed by atoms with Gasteiger partial charge in [-0.05, 0) is 42.4 Å². The third kappa shape index (κ3) is 3.76. The molecule has 1 aromatic rings. The van der Waals surface area contributed by atoms with Gasteiger partial charge in [0.2, 0.25) is 0 Å². The fraction of sp³-hybridized carbons (Fsp3) is 0.579. The van der Waals surface area contributed by atoms with Gasteiger partial charge in [0.1, 0.15) is 0 Å². The number of esters is 1. The summed E-state index contributed by atoms with van der Waals surface area (Å²) in [7, 11) is 0. The molecule has 0 aromatic heterocycles. The minimum Gasteiger partial charge on any atom is -0.466 e. The van der Waals surface area contributed by atoms with Crippen molar-refractivity contribution in [2.75, 3.05) is 13.1 Å². The Bertz CT molecular complexity index is 660. The van der Waals surface area contributed by atoms with Crippen molar-refractivity contribution >= 4 is 11.7 Å². The van der Waals surface area contributed by atoms with E-state index in [2.05, 4.69) is 4.99 Å². The zero-order valence-electron chi connectivity index (χ0n) is 16.2. The second-order valence-electron chi connectivity index (χ2n) is 6.85. The maximum atomic E-state index is 11.6. The molecule has 22 heavy (non-hydrogen) atoms. The molecule has 1 heterocycles. The van der Waals surface area contributed by atoms with Gasteiger partial charge in [0.05, 0.1) is 9.35 Å². The molecule has 0 fully saturated rings. The number of rotatable bonds is 4. The molecule has 1 aromatic carbocycles. The lowest BCUT2D eigenvalue weighted by molar-refractivity contribution is -0.143. The number of carbonyl (C=O) groups excluding carboxylic acids is 1. The summed E-state index contributed by atoms with van der Waals surface area (Å²) in [5.74, 6) is -0.526. The topological polar surface area (TPSA) is 38.7 Å². The van der Waals surface area contributed by atoms with E-state index in [1.165, 1.54) is 0 Å². The summed E-state index contributed by atoms with van der Waals surface area (Å²) in [6, 6.07) is 6.04. The van der Waals surface area contributed by atoms with Crippen LogP contribution in [0.3, 0.4) is 0 Å². The van der Waals surface area contributed by atoms with Gasteiger partial charge in [-0.1, -0.05) is 39.0 Å². The number of ether oxygens (including phenoxy) is 1. The van der Waals surface area contributed by atoms with Crippen LogP contribution in [0.15, 0.2) is 23.2 Å². The lowest BCUT2D eigenvalue weighted by Gasteiger charge is -2.34. The van der Waals surface area contributed by atoms with E-state index in [1.54, 1.807) is 6.92 Å². The Labute approximate surface area is 136 Å². The predicted octanol–water partition coefficient (Wildman–Crippen LogP) is 4.13. The number of nitrogens with zero attached hydrogens (tertiary/aromatic N) is 1. The minimum atomic E-state index is -1.63. The van der Waals surface area contributed by atoms with Gasteiger partial charge in [-0.25, -0.2) is 0 Å². The van der Waals surface area contributed by atoms with Crippen LogP contribution < -0.4 is 0 Å². The summed E-state index contributed by atoms with van der Waals surface area (Å²) < 4.78 is 21.8. The Kier molecular flexibility index (Phi) is 4.22. The lowest BCUT2D eigenvalue weighted by atomic mass is 9.73. The number of aliphatic imine (C=N–C) groups is 1. The van der Waals surface area contributed by atoms with Gasteiger partial charge in [0.15, 0.2) is 0 Å². The van der Waals surface area contributed by atoms with Crippen LogP contribution in [-0.2, 0) is 16.0 Å². The van der Waals surface area contributed by atoms with Crippen molar-refractivity contribution in [3.05, 3.63) is 34.9 Å². The summed E-state index contributed by atoms with van der Waals surface area (Å²) in [5.41, 5.74) is 3.49. The van der Waals surface area contributed by atoms with E-state index in [0.717, 1.165) is 22.4 Å². The molecule has 1 unspecified atom stereocenters. The van der Waals surface area contributed by atoms with Crippen LogP contribution in [0.2, 0.25) is 0 Å². The Balaban J connectivity index is 2.38. The Morgan fingerprint density at radius 2 is 2.18 bits per heavy atom. The van der Waals surface area contributed by atoms with E-state index in [1.807, 2.05) is 45.9 Å². The van der Waals surface area contributed by atoms with Crippen LogP contribution in [0.4, 0.5) is 0 Å². The summed E-state index contributed by atoms with van der Waals surface area (Å²) in [4.78, 5) is 15.9. The molecule has 0 N–H and O–H groups in total. The van der Waals surface area contributed by atoms with Crippen molar-refractivity contribution in [3.8, 4) is 0 Å². The van der Waals surface area contributed by atoms with Crippen LogP contribution in [0.1, 0.15) is 66.4 Å². The molecular formula is C19H27NO2. The number of hydrogen-bond donors (Lipinski definition) is 0. The predicted molar refractivity (Wildman–Crippen MR) is 90.7 cm³/mol. The van der Waals surface area contributed by atoms with Gasteiger partial charge in [0, 0.05) is 24.5 Å². The van der Waals surface area contributed by atoms with Gasteiger partial charge in [-0.2, -0.15) is 0 Å². The first kappa shape index (κ1) is 14.0. The Hall–Kier alpha value is -1.64. The van der Waals surface area contributed by atoms with Crippen molar-refractivity contribution in [1.82, 2.24) is 0 Å². The highest BCUT2D eigenvalue weighted by atomic mass is 16.5. The van der Waals surface area contributed by atoms with Crippen LogP contribution in [0.25, 0.3) is 0 Å². The van der Waals surface area contributed by atoms with Gasteiger partial charge >= 0.3 is 5.97 Å². The first-order chi connectivity index (χ1) is 11.1. The molecule has 0 amide bonds. The molecule has 0 radical (unpaired) electrons. The fourth-order valence-electron chi connectivity index (χ4n) is 2.77. The number of aryl methyl sites for hydroxylation is 1. The van der Waals surface area contributed by atoms with Crippen LogP contribution in [0, 0.1) is 5.41 Å². The van der Waals surface area contributed by atoms with E-state index in [4.69, 9.17) is 7.48 Å². The molecule has 3 nitrogen and oxygen atoms in total. The summed E-state index contributed by atoms with van der Waals surface area (Å²) in [6.45, 7) is 8.55. The maximum Gasteiger partial charge on any atom is 0.306 e. The van der Waals surface area contributed by atoms with Gasteiger partial charge < -0.3 is 4.74 Å². The van der Waals surface area contributed by atoms with E-state index >= 15 is 0 Å². The Morgan fingerprint density at radius 1 is 1.45 bits per heavy atom. The van der Waals surface area contributed by atoms with Crippen molar-refractivity contribution in [3.63, 3.8) is 0 Å². The average molecular weight is 303 g/mol. The highest BCUT2D eigenvalue weighted by Crippen LogP contribution is 2.39. The van der Waals surface area contributed by atoms with E-state index < -0.39 is 6.50 Å². The second-order valence-corrected chi connectivity index (χ2v) is 6.85. The molecule has 120 valence electrons. The molecule has 3 heteroatoms. The van der Waals surface area contributed by atoms with Crippen molar-refractivity contribution in [2.24, 2.45) is 10.4 Å². The van der Waals surface area contributed by atoms with E-state index in [-0.39, 0.29) is 17.3 Å². The monoisotopic (exact) mass is 303 g/mol. The fourth-order valence-corrected chi connectivity index (χ4v) is 2.77. The van der Waals surface area contributed by atoms with Crippen LogP contribution in [-0.4, -0.2) is 24.8 Å². The minimum absolute atomic E-state index is 0.198. The van der Waals surface area contributed by atoms with Crippen LogP contribution >= 0.6 is 0 Å². The second kappa shape index (κ2) is 6.64. The summed E-state index contributed by atoms with van der Waals surface area (Å²) in [6.07, 6.45) is 0.939. The first-order valence-electron chi connectivity index (χ1n) is 8.91. The Morgan fingerprint density at radius 3 is 2.82 bits per heavy atom. The molecule has 2 rings (SSSR count). The highest BCUT2D eigenvalue weighted by Gasteiger charge is 2.31. The van der Waals surface area contributed by atoms with Crippen molar-refractivity contribution in [1.29, 1.82) is 0 Å². The van der Waals surface area contributed by atoms with Gasteiger partial charge in [-0.3, -0.25) is 9.79 Å². The van der Waals surface area contributed by atoms with Crippen LogP contribution in [0.5, 0.6) is 0 Å². The van der Waals surface area contributed by atoms with Gasteiger partial charge in [0.25, 0.3) is 0 Å². The third-order valence-electron chi connectivity index (χ3n) is 3.97. The zero-order valence-corrected chi connectivity index (χ0v) is 14.2. The average Bonchev–Trinajstić information content (AvgIpc) is 2.42. The standard InChI is InChI=1S/C19H27NO2/c1-6-22-18(21)10-8-14-7-9-15-13(2)20-12-17(16(15)11-14)19(3,4)5/h7,9,11,17H,6,8,10,12H2,1-5H3/i12D2. The SMILES string of the molecule is [2H]C1([2H])N=C(C)c2ccc(CCC(=O)OCC)cc2C1C(C)(C)C. The van der Waals surface area contributed by atoms with E-state index in [0.29, 0.717) is 19.4 Å². The largest absolute Gasteiger partial charge is 0.466 e. The maximum absolute atomic E-state index is 11.6. The molecule has 0 spiro atoms. The summed E-state index contributed by atoms with van der Waals surface area (Å²) in [5, 5.41) is 0. The third-order valence-corrected chi connectivity index (χ3v) is 3.97. The zero-order chi connectivity index (χ0) is 18.1. The molecular weight excluding hydrogens is 274 g/mol. The number of benzene rings is 1. The molecule has 0 saturated carbocycles. The number of carbonyl (C=O) groups is 1. The summed E-state index contributed by atoms with van der Waals surface area (Å²) >= 11 is 0. The number of fused-ring (bicyclic) bond motifs is 1. The van der Waals surface area contributed by atoms with E-state index in [9.17, 15) is 4.79 Å². The molecule has 1 atom stereocenters. The quantitative estimate of drug-likeness (QED) is 0.784. The molecule has 0 bridgehead atoms. The lowest BCUT2D eigenvalue weighted by Crippen LogP contribution is -2.27.